The van der Waals surface area contributed by atoms with Crippen LogP contribution in [0.2, 0.25) is 0 Å². The number of hydrogen-bond acceptors (Lipinski definition) is 4. The molecule has 3 N–H and O–H groups in total. The third kappa shape index (κ3) is 5.37. The number of benzene rings is 2. The summed E-state index contributed by atoms with van der Waals surface area (Å²) < 4.78 is 26.5. The summed E-state index contributed by atoms with van der Waals surface area (Å²) in [6.45, 7) is 1.89. The van der Waals surface area contributed by atoms with Crippen LogP contribution in [0.4, 0.5) is 0 Å². The van der Waals surface area contributed by atoms with E-state index in [1.807, 2.05) is 37.3 Å². The predicted octanol–water partition coefficient (Wildman–Crippen LogP) is 2.30. The van der Waals surface area contributed by atoms with Crippen LogP contribution in [0, 0.1) is 12.3 Å². The van der Waals surface area contributed by atoms with Crippen LogP contribution in [0.25, 0.3) is 0 Å². The van der Waals surface area contributed by atoms with Crippen molar-refractivity contribution in [1.29, 1.82) is 5.41 Å². The molecule has 0 heterocycles. The third-order valence-corrected chi connectivity index (χ3v) is 3.90. The minimum absolute atomic E-state index is 0.121. The van der Waals surface area contributed by atoms with Crippen molar-refractivity contribution in [2.75, 3.05) is 7.11 Å². The van der Waals surface area contributed by atoms with E-state index < -0.39 is 10.1 Å². The zero-order chi connectivity index (χ0) is 15.9. The summed E-state index contributed by atoms with van der Waals surface area (Å²) in [4.78, 5) is 0.190. The smallest absolute Gasteiger partial charge is 0.296 e. The first kappa shape index (κ1) is 16.9. The van der Waals surface area contributed by atoms with Gasteiger partial charge in [0, 0.05) is 5.56 Å². The Bertz CT molecular complexity index is 681. The topological polar surface area (TPSA) is 93.2 Å². The Hall–Kier alpha value is -2.18. The van der Waals surface area contributed by atoms with Crippen LogP contribution >= 0.6 is 0 Å². The van der Waals surface area contributed by atoms with Crippen molar-refractivity contribution < 1.29 is 12.6 Å². The molecule has 0 atom stereocenters. The summed E-state index contributed by atoms with van der Waals surface area (Å²) in [6.07, 6.45) is 0. The lowest BCUT2D eigenvalue weighted by atomic mass is 10.2. The second-order valence-corrected chi connectivity index (χ2v) is 5.93. The Balaban J connectivity index is 0.000000219. The normalized spacial score (nSPS) is 10.4. The number of amidine groups is 1. The Kier molecular flexibility index (Phi) is 6.08. The molecule has 0 spiro atoms. The number of hydrogen-bond donors (Lipinski definition) is 2. The molecule has 0 saturated carbocycles. The minimum atomic E-state index is -3.51. The average Bonchev–Trinajstić information content (AvgIpc) is 2.49. The molecule has 0 aliphatic carbocycles. The molecule has 0 bridgehead atoms. The van der Waals surface area contributed by atoms with E-state index in [4.69, 9.17) is 11.1 Å². The van der Waals surface area contributed by atoms with Gasteiger partial charge in [0.1, 0.15) is 5.84 Å². The van der Waals surface area contributed by atoms with Gasteiger partial charge in [0.15, 0.2) is 0 Å². The molecule has 2 aromatic rings. The molecule has 112 valence electrons. The molecule has 2 aromatic carbocycles. The van der Waals surface area contributed by atoms with Crippen LogP contribution < -0.4 is 5.73 Å². The van der Waals surface area contributed by atoms with Gasteiger partial charge in [-0.15, -0.1) is 0 Å². The van der Waals surface area contributed by atoms with E-state index in [9.17, 15) is 8.42 Å². The van der Waals surface area contributed by atoms with Crippen molar-refractivity contribution in [3.8, 4) is 0 Å². The molecule has 2 rings (SSSR count). The maximum atomic E-state index is 11.1. The fraction of sp³-hybridized carbons (Fsp3) is 0.133. The molecule has 0 radical (unpaired) electrons. The highest BCUT2D eigenvalue weighted by Crippen LogP contribution is 2.11. The van der Waals surface area contributed by atoms with Gasteiger partial charge in [-0.05, 0) is 19.1 Å². The van der Waals surface area contributed by atoms with Gasteiger partial charge >= 0.3 is 0 Å². The van der Waals surface area contributed by atoms with E-state index in [2.05, 4.69) is 4.18 Å². The molecular weight excluding hydrogens is 288 g/mol. The summed E-state index contributed by atoms with van der Waals surface area (Å²) in [5, 5.41) is 7.01. The van der Waals surface area contributed by atoms with Crippen molar-refractivity contribution in [3.63, 3.8) is 0 Å². The number of nitrogen functional groups attached to an aromatic ring is 1. The quantitative estimate of drug-likeness (QED) is 0.517. The van der Waals surface area contributed by atoms with Crippen molar-refractivity contribution in [2.45, 2.75) is 11.8 Å². The molecule has 0 aliphatic heterocycles. The summed E-state index contributed by atoms with van der Waals surface area (Å²) in [5.41, 5.74) is 6.99. The lowest BCUT2D eigenvalue weighted by Gasteiger charge is -2.00. The van der Waals surface area contributed by atoms with Crippen LogP contribution in [0.1, 0.15) is 11.1 Å². The van der Waals surface area contributed by atoms with E-state index in [0.717, 1.165) is 18.2 Å². The Morgan fingerprint density at radius 1 is 1.05 bits per heavy atom. The summed E-state index contributed by atoms with van der Waals surface area (Å²) in [6, 6.07) is 15.7. The largest absolute Gasteiger partial charge is 0.384 e. The average molecular weight is 306 g/mol. The Morgan fingerprint density at radius 2 is 1.57 bits per heavy atom. The second kappa shape index (κ2) is 7.56. The lowest BCUT2D eigenvalue weighted by Crippen LogP contribution is -2.10. The first-order chi connectivity index (χ1) is 9.86. The van der Waals surface area contributed by atoms with Crippen LogP contribution in [0.5, 0.6) is 0 Å². The first-order valence-corrected chi connectivity index (χ1v) is 7.54. The molecule has 0 amide bonds. The minimum Gasteiger partial charge on any atom is -0.384 e. The molecule has 6 heteroatoms. The van der Waals surface area contributed by atoms with Gasteiger partial charge in [-0.3, -0.25) is 9.59 Å². The van der Waals surface area contributed by atoms with Gasteiger partial charge < -0.3 is 5.73 Å². The first-order valence-electron chi connectivity index (χ1n) is 6.13. The molecule has 5 nitrogen and oxygen atoms in total. The van der Waals surface area contributed by atoms with Crippen molar-refractivity contribution >= 4 is 16.0 Å². The van der Waals surface area contributed by atoms with Crippen molar-refractivity contribution in [1.82, 2.24) is 0 Å². The standard InChI is InChI=1S/C8H10O3S.C7H8N2/c1-7-3-5-8(6-4-7)12(9,10)11-2;8-7(9)6-4-2-1-3-5-6/h3-6H,1-2H3;1-5H,(H3,8,9). The summed E-state index contributed by atoms with van der Waals surface area (Å²) in [7, 11) is -2.37. The van der Waals surface area contributed by atoms with Gasteiger partial charge in [-0.25, -0.2) is 0 Å². The highest BCUT2D eigenvalue weighted by atomic mass is 32.2. The highest BCUT2D eigenvalue weighted by molar-refractivity contribution is 7.86. The number of nitrogens with one attached hydrogen (secondary N) is 1. The SMILES string of the molecule is COS(=O)(=O)c1ccc(C)cc1.N=C(N)c1ccccc1. The molecule has 0 aromatic heterocycles. The van der Waals surface area contributed by atoms with Crippen molar-refractivity contribution in [2.24, 2.45) is 5.73 Å². The van der Waals surface area contributed by atoms with Gasteiger partial charge in [-0.1, -0.05) is 48.0 Å². The zero-order valence-corrected chi connectivity index (χ0v) is 12.7. The molecular formula is C15H18N2O3S. The predicted molar refractivity (Wildman–Crippen MR) is 82.8 cm³/mol. The van der Waals surface area contributed by atoms with Gasteiger partial charge in [0.2, 0.25) is 0 Å². The van der Waals surface area contributed by atoms with E-state index in [0.29, 0.717) is 0 Å². The zero-order valence-electron chi connectivity index (χ0n) is 11.9. The summed E-state index contributed by atoms with van der Waals surface area (Å²) in [5.74, 6) is 0.121. The summed E-state index contributed by atoms with van der Waals surface area (Å²) >= 11 is 0. The fourth-order valence-corrected chi connectivity index (χ4v) is 2.08. The molecule has 0 saturated heterocycles. The molecule has 0 fully saturated rings. The van der Waals surface area contributed by atoms with E-state index >= 15 is 0 Å². The third-order valence-electron chi connectivity index (χ3n) is 2.61. The van der Waals surface area contributed by atoms with Crippen LogP contribution in [-0.2, 0) is 14.3 Å². The lowest BCUT2D eigenvalue weighted by molar-refractivity contribution is 0.398. The molecule has 0 aliphatic rings. The van der Waals surface area contributed by atoms with Crippen LogP contribution in [-0.4, -0.2) is 21.4 Å². The maximum Gasteiger partial charge on any atom is 0.296 e. The highest BCUT2D eigenvalue weighted by Gasteiger charge is 2.10. The van der Waals surface area contributed by atoms with Crippen LogP contribution in [0.15, 0.2) is 59.5 Å². The van der Waals surface area contributed by atoms with Crippen molar-refractivity contribution in [3.05, 3.63) is 65.7 Å². The van der Waals surface area contributed by atoms with Gasteiger partial charge in [0.05, 0.1) is 12.0 Å². The Labute approximate surface area is 125 Å². The van der Waals surface area contributed by atoms with Gasteiger partial charge in [-0.2, -0.15) is 8.42 Å². The second-order valence-electron chi connectivity index (χ2n) is 4.21. The number of aryl methyl sites for hydroxylation is 1. The van der Waals surface area contributed by atoms with E-state index in [1.165, 1.54) is 12.1 Å². The number of rotatable bonds is 3. The van der Waals surface area contributed by atoms with Crippen LogP contribution in [0.3, 0.4) is 0 Å². The number of nitrogens with two attached hydrogens (primary N) is 1. The van der Waals surface area contributed by atoms with E-state index in [-0.39, 0.29) is 10.7 Å². The monoisotopic (exact) mass is 306 g/mol. The fourth-order valence-electron chi connectivity index (χ4n) is 1.42. The van der Waals surface area contributed by atoms with E-state index in [1.54, 1.807) is 12.1 Å². The Morgan fingerprint density at radius 3 is 1.95 bits per heavy atom. The van der Waals surface area contributed by atoms with Gasteiger partial charge in [0.25, 0.3) is 10.1 Å². The maximum absolute atomic E-state index is 11.1. The molecule has 0 unspecified atom stereocenters. The molecule has 21 heavy (non-hydrogen) atoms.